The van der Waals surface area contributed by atoms with E-state index in [1.54, 1.807) is 24.3 Å². The number of halogens is 4. The molecule has 0 unspecified atom stereocenters. The van der Waals surface area contributed by atoms with Crippen LogP contribution < -0.4 is 10.6 Å². The molecule has 2 N–H and O–H groups in total. The molecule has 21 heavy (non-hydrogen) atoms. The molecule has 0 fully saturated rings. The first-order chi connectivity index (χ1) is 9.89. The van der Waals surface area contributed by atoms with Crippen molar-refractivity contribution in [2.24, 2.45) is 10.9 Å². The number of nitrogens with zero attached hydrogens (tertiary/aromatic N) is 1. The highest BCUT2D eigenvalue weighted by molar-refractivity contribution is 6.30. The van der Waals surface area contributed by atoms with Gasteiger partial charge in [-0.2, -0.15) is 5.10 Å². The molecule has 110 valence electrons. The van der Waals surface area contributed by atoms with E-state index in [0.29, 0.717) is 21.9 Å². The second-order valence-corrected chi connectivity index (χ2v) is 4.49. The molecule has 0 aromatic heterocycles. The highest BCUT2D eigenvalue weighted by atomic mass is 35.5. The molecular weight excluding hydrogens is 305 g/mol. The van der Waals surface area contributed by atoms with Gasteiger partial charge in [0.25, 0.3) is 0 Å². The summed E-state index contributed by atoms with van der Waals surface area (Å²) < 4.78 is 40.1. The first-order valence-electron chi connectivity index (χ1n) is 5.79. The standard InChI is InChI=1S/C14H10ClF3N2O/c15-11-5-1-9(2-6-11)13(20-19)10-3-7-12(8-4-10)21-14(16,17)18/h1-8H,19H2. The van der Waals surface area contributed by atoms with Crippen LogP contribution in [0.3, 0.4) is 0 Å². The summed E-state index contributed by atoms with van der Waals surface area (Å²) in [5, 5.41) is 4.23. The molecule has 0 radical (unpaired) electrons. The third-order valence-electron chi connectivity index (χ3n) is 2.61. The minimum atomic E-state index is -4.72. The fourth-order valence-corrected chi connectivity index (χ4v) is 1.86. The van der Waals surface area contributed by atoms with Crippen LogP contribution in [0.15, 0.2) is 53.6 Å². The second-order valence-electron chi connectivity index (χ2n) is 4.06. The van der Waals surface area contributed by atoms with Gasteiger partial charge >= 0.3 is 6.36 Å². The monoisotopic (exact) mass is 314 g/mol. The van der Waals surface area contributed by atoms with Gasteiger partial charge in [0.1, 0.15) is 5.75 Å². The Balaban J connectivity index is 2.26. The number of hydrogen-bond acceptors (Lipinski definition) is 3. The van der Waals surface area contributed by atoms with Crippen LogP contribution >= 0.6 is 11.6 Å². The van der Waals surface area contributed by atoms with Crippen LogP contribution in [-0.4, -0.2) is 12.1 Å². The SMILES string of the molecule is NN=C(c1ccc(Cl)cc1)c1ccc(OC(F)(F)F)cc1. The van der Waals surface area contributed by atoms with E-state index in [2.05, 4.69) is 9.84 Å². The number of alkyl halides is 3. The molecule has 2 rings (SSSR count). The molecule has 0 bridgehead atoms. The van der Waals surface area contributed by atoms with Gasteiger partial charge in [0.2, 0.25) is 0 Å². The first kappa shape index (κ1) is 15.2. The van der Waals surface area contributed by atoms with E-state index in [-0.39, 0.29) is 5.75 Å². The Morgan fingerprint density at radius 3 is 1.86 bits per heavy atom. The van der Waals surface area contributed by atoms with Crippen molar-refractivity contribution in [3.05, 3.63) is 64.7 Å². The van der Waals surface area contributed by atoms with Gasteiger partial charge in [-0.05, 0) is 36.4 Å². The molecule has 0 aliphatic heterocycles. The second kappa shape index (κ2) is 6.05. The van der Waals surface area contributed by atoms with Crippen LogP contribution in [0.4, 0.5) is 13.2 Å². The Morgan fingerprint density at radius 1 is 0.952 bits per heavy atom. The lowest BCUT2D eigenvalue weighted by molar-refractivity contribution is -0.274. The summed E-state index contributed by atoms with van der Waals surface area (Å²) in [4.78, 5) is 0. The van der Waals surface area contributed by atoms with Crippen molar-refractivity contribution in [1.82, 2.24) is 0 Å². The molecule has 0 atom stereocenters. The molecule has 0 saturated carbocycles. The van der Waals surface area contributed by atoms with Crippen molar-refractivity contribution < 1.29 is 17.9 Å². The van der Waals surface area contributed by atoms with Crippen molar-refractivity contribution in [3.8, 4) is 5.75 Å². The van der Waals surface area contributed by atoms with Gasteiger partial charge in [-0.15, -0.1) is 13.2 Å². The molecule has 0 aliphatic rings. The fourth-order valence-electron chi connectivity index (χ4n) is 1.74. The maximum Gasteiger partial charge on any atom is 0.573 e. The van der Waals surface area contributed by atoms with E-state index < -0.39 is 6.36 Å². The average molecular weight is 315 g/mol. The molecule has 0 aliphatic carbocycles. The normalized spacial score (nSPS) is 12.3. The van der Waals surface area contributed by atoms with Gasteiger partial charge < -0.3 is 10.6 Å². The topological polar surface area (TPSA) is 47.6 Å². The van der Waals surface area contributed by atoms with Gasteiger partial charge in [-0.3, -0.25) is 0 Å². The molecule has 2 aromatic rings. The average Bonchev–Trinajstić information content (AvgIpc) is 2.42. The number of ether oxygens (including phenoxy) is 1. The zero-order chi connectivity index (χ0) is 15.5. The zero-order valence-corrected chi connectivity index (χ0v) is 11.3. The van der Waals surface area contributed by atoms with Crippen molar-refractivity contribution in [2.75, 3.05) is 0 Å². The van der Waals surface area contributed by atoms with E-state index in [1.807, 2.05) is 0 Å². The minimum absolute atomic E-state index is 0.307. The lowest BCUT2D eigenvalue weighted by atomic mass is 10.0. The van der Waals surface area contributed by atoms with Gasteiger partial charge in [0.05, 0.1) is 5.71 Å². The lowest BCUT2D eigenvalue weighted by Crippen LogP contribution is -2.17. The van der Waals surface area contributed by atoms with Gasteiger partial charge in [-0.1, -0.05) is 23.7 Å². The quantitative estimate of drug-likeness (QED) is 0.530. The lowest BCUT2D eigenvalue weighted by Gasteiger charge is -2.10. The number of hydrogen-bond donors (Lipinski definition) is 1. The third kappa shape index (κ3) is 4.13. The fraction of sp³-hybridized carbons (Fsp3) is 0.0714. The number of hydrazone groups is 1. The Hall–Kier alpha value is -2.21. The maximum absolute atomic E-state index is 12.1. The summed E-state index contributed by atoms with van der Waals surface area (Å²) in [6.07, 6.45) is -4.72. The van der Waals surface area contributed by atoms with Crippen molar-refractivity contribution >= 4 is 17.3 Å². The Labute approximate surface area is 123 Å². The van der Waals surface area contributed by atoms with Crippen LogP contribution in [0.5, 0.6) is 5.75 Å². The molecule has 0 heterocycles. The Morgan fingerprint density at radius 2 is 1.43 bits per heavy atom. The van der Waals surface area contributed by atoms with Crippen LogP contribution in [0, 0.1) is 0 Å². The molecule has 0 spiro atoms. The summed E-state index contributed by atoms with van der Waals surface area (Å²) in [5.41, 5.74) is 1.70. The predicted molar refractivity (Wildman–Crippen MR) is 74.4 cm³/mol. The zero-order valence-electron chi connectivity index (χ0n) is 10.6. The summed E-state index contributed by atoms with van der Waals surface area (Å²) >= 11 is 5.79. The van der Waals surface area contributed by atoms with E-state index in [4.69, 9.17) is 17.4 Å². The van der Waals surface area contributed by atoms with Crippen LogP contribution in [0.1, 0.15) is 11.1 Å². The summed E-state index contributed by atoms with van der Waals surface area (Å²) in [6.45, 7) is 0. The van der Waals surface area contributed by atoms with Crippen LogP contribution in [-0.2, 0) is 0 Å². The molecule has 2 aromatic carbocycles. The Kier molecular flexibility index (Phi) is 4.37. The predicted octanol–water partition coefficient (Wildman–Crippen LogP) is 3.95. The highest BCUT2D eigenvalue weighted by Gasteiger charge is 2.31. The van der Waals surface area contributed by atoms with Crippen molar-refractivity contribution in [1.29, 1.82) is 0 Å². The van der Waals surface area contributed by atoms with E-state index in [9.17, 15) is 13.2 Å². The van der Waals surface area contributed by atoms with E-state index in [0.717, 1.165) is 0 Å². The minimum Gasteiger partial charge on any atom is -0.406 e. The van der Waals surface area contributed by atoms with Gasteiger partial charge in [0.15, 0.2) is 0 Å². The van der Waals surface area contributed by atoms with Crippen LogP contribution in [0.25, 0.3) is 0 Å². The Bertz CT molecular complexity index is 637. The smallest absolute Gasteiger partial charge is 0.406 e. The molecule has 3 nitrogen and oxygen atoms in total. The third-order valence-corrected chi connectivity index (χ3v) is 2.86. The number of benzene rings is 2. The van der Waals surface area contributed by atoms with Crippen molar-refractivity contribution in [3.63, 3.8) is 0 Å². The molecular formula is C14H10ClF3N2O. The summed E-state index contributed by atoms with van der Waals surface area (Å²) in [5.74, 6) is 5.05. The van der Waals surface area contributed by atoms with Gasteiger partial charge in [-0.25, -0.2) is 0 Å². The van der Waals surface area contributed by atoms with Gasteiger partial charge in [0, 0.05) is 16.1 Å². The molecule has 0 saturated heterocycles. The number of nitrogens with two attached hydrogens (primary N) is 1. The summed E-state index contributed by atoms with van der Waals surface area (Å²) in [7, 11) is 0. The van der Waals surface area contributed by atoms with Crippen molar-refractivity contribution in [2.45, 2.75) is 6.36 Å². The highest BCUT2D eigenvalue weighted by Crippen LogP contribution is 2.23. The first-order valence-corrected chi connectivity index (χ1v) is 6.17. The summed E-state index contributed by atoms with van der Waals surface area (Å²) in [6, 6.07) is 12.1. The van der Waals surface area contributed by atoms with Crippen LogP contribution in [0.2, 0.25) is 5.02 Å². The molecule has 0 amide bonds. The van der Waals surface area contributed by atoms with E-state index >= 15 is 0 Å². The number of rotatable bonds is 3. The molecule has 7 heteroatoms. The van der Waals surface area contributed by atoms with E-state index in [1.165, 1.54) is 24.3 Å². The maximum atomic E-state index is 12.1. The largest absolute Gasteiger partial charge is 0.573 e.